The number of ether oxygens (including phenoxy) is 1. The topological polar surface area (TPSA) is 103 Å². The summed E-state index contributed by atoms with van der Waals surface area (Å²) in [5.41, 5.74) is 1.23. The van der Waals surface area contributed by atoms with Crippen LogP contribution in [0.1, 0.15) is 67.3 Å². The molecule has 0 radical (unpaired) electrons. The summed E-state index contributed by atoms with van der Waals surface area (Å²) in [6.45, 7) is 3.75. The van der Waals surface area contributed by atoms with Crippen molar-refractivity contribution in [2.75, 3.05) is 11.9 Å². The minimum Gasteiger partial charge on any atom is -0.465 e. The SMILES string of the molecule is CCOC(=O)C1CCc2sc(NC(=O)C(C)n3nc(C4CC4)ccc3=O)nc21. The molecule has 0 saturated heterocycles. The van der Waals surface area contributed by atoms with Gasteiger partial charge in [-0.2, -0.15) is 5.10 Å². The van der Waals surface area contributed by atoms with Crippen molar-refractivity contribution in [1.29, 1.82) is 0 Å². The predicted molar refractivity (Wildman–Crippen MR) is 104 cm³/mol. The molecular weight excluding hydrogens is 380 g/mol. The van der Waals surface area contributed by atoms with E-state index in [0.717, 1.165) is 29.8 Å². The van der Waals surface area contributed by atoms with Crippen LogP contribution in [0.25, 0.3) is 0 Å². The van der Waals surface area contributed by atoms with Gasteiger partial charge in [0.05, 0.1) is 18.0 Å². The highest BCUT2D eigenvalue weighted by Gasteiger charge is 2.34. The molecule has 9 heteroatoms. The van der Waals surface area contributed by atoms with Crippen LogP contribution in [-0.4, -0.2) is 33.2 Å². The number of carbonyl (C=O) groups excluding carboxylic acids is 2. The van der Waals surface area contributed by atoms with Crippen LogP contribution in [0.15, 0.2) is 16.9 Å². The normalized spacial score (nSPS) is 19.1. The number of hydrogen-bond acceptors (Lipinski definition) is 7. The van der Waals surface area contributed by atoms with Crippen molar-refractivity contribution < 1.29 is 14.3 Å². The van der Waals surface area contributed by atoms with E-state index in [0.29, 0.717) is 29.8 Å². The van der Waals surface area contributed by atoms with Crippen LogP contribution in [0.5, 0.6) is 0 Å². The highest BCUT2D eigenvalue weighted by molar-refractivity contribution is 7.16. The average Bonchev–Trinajstić information content (AvgIpc) is 3.33. The highest BCUT2D eigenvalue weighted by Crippen LogP contribution is 2.39. The minimum absolute atomic E-state index is 0.273. The van der Waals surface area contributed by atoms with E-state index in [4.69, 9.17) is 4.74 Å². The maximum Gasteiger partial charge on any atom is 0.315 e. The number of nitrogens with zero attached hydrogens (tertiary/aromatic N) is 3. The molecular formula is C19H22N4O4S. The van der Waals surface area contributed by atoms with Gasteiger partial charge in [0, 0.05) is 16.9 Å². The Morgan fingerprint density at radius 1 is 1.36 bits per heavy atom. The number of aromatic nitrogens is 3. The van der Waals surface area contributed by atoms with Gasteiger partial charge in [0.1, 0.15) is 12.0 Å². The molecule has 28 heavy (non-hydrogen) atoms. The van der Waals surface area contributed by atoms with Crippen molar-refractivity contribution in [3.05, 3.63) is 38.8 Å². The highest BCUT2D eigenvalue weighted by atomic mass is 32.1. The van der Waals surface area contributed by atoms with Gasteiger partial charge in [-0.1, -0.05) is 0 Å². The van der Waals surface area contributed by atoms with Crippen LogP contribution in [0.4, 0.5) is 5.13 Å². The summed E-state index contributed by atoms with van der Waals surface area (Å²) in [7, 11) is 0. The second kappa shape index (κ2) is 7.46. The molecule has 0 aromatic carbocycles. The fourth-order valence-electron chi connectivity index (χ4n) is 3.39. The van der Waals surface area contributed by atoms with E-state index in [2.05, 4.69) is 15.4 Å². The Morgan fingerprint density at radius 2 is 2.14 bits per heavy atom. The molecule has 148 valence electrons. The van der Waals surface area contributed by atoms with Gasteiger partial charge in [-0.3, -0.25) is 14.4 Å². The van der Waals surface area contributed by atoms with Gasteiger partial charge < -0.3 is 10.1 Å². The number of thiazole rings is 1. The van der Waals surface area contributed by atoms with Crippen LogP contribution >= 0.6 is 11.3 Å². The van der Waals surface area contributed by atoms with E-state index in [9.17, 15) is 14.4 Å². The van der Waals surface area contributed by atoms with E-state index >= 15 is 0 Å². The summed E-state index contributed by atoms with van der Waals surface area (Å²) in [6.07, 6.45) is 3.56. The van der Waals surface area contributed by atoms with Crippen molar-refractivity contribution in [3.8, 4) is 0 Å². The molecule has 2 aromatic rings. The van der Waals surface area contributed by atoms with Crippen molar-refractivity contribution in [1.82, 2.24) is 14.8 Å². The quantitative estimate of drug-likeness (QED) is 0.744. The zero-order valence-electron chi connectivity index (χ0n) is 15.8. The predicted octanol–water partition coefficient (Wildman–Crippen LogP) is 2.37. The number of amides is 1. The fourth-order valence-corrected chi connectivity index (χ4v) is 4.43. The molecule has 2 aliphatic rings. The van der Waals surface area contributed by atoms with Gasteiger partial charge >= 0.3 is 5.97 Å². The first-order chi connectivity index (χ1) is 13.5. The first-order valence-corrected chi connectivity index (χ1v) is 10.4. The maximum absolute atomic E-state index is 12.7. The summed E-state index contributed by atoms with van der Waals surface area (Å²) >= 11 is 1.37. The third kappa shape index (κ3) is 3.58. The smallest absolute Gasteiger partial charge is 0.315 e. The lowest BCUT2D eigenvalue weighted by Crippen LogP contribution is -2.33. The number of esters is 1. The molecule has 1 fully saturated rings. The number of nitrogens with one attached hydrogen (secondary N) is 1. The third-order valence-corrected chi connectivity index (χ3v) is 6.15. The Hall–Kier alpha value is -2.55. The number of fused-ring (bicyclic) bond motifs is 1. The van der Waals surface area contributed by atoms with E-state index in [1.54, 1.807) is 19.9 Å². The molecule has 2 heterocycles. The lowest BCUT2D eigenvalue weighted by molar-refractivity contribution is -0.145. The van der Waals surface area contributed by atoms with Crippen LogP contribution in [0.3, 0.4) is 0 Å². The molecule has 1 saturated carbocycles. The molecule has 2 aliphatic carbocycles. The van der Waals surface area contributed by atoms with E-state index < -0.39 is 6.04 Å². The van der Waals surface area contributed by atoms with Gasteiger partial charge in [0.15, 0.2) is 5.13 Å². The lowest BCUT2D eigenvalue weighted by Gasteiger charge is -2.14. The molecule has 1 N–H and O–H groups in total. The van der Waals surface area contributed by atoms with E-state index in [1.807, 2.05) is 0 Å². The van der Waals surface area contributed by atoms with Gasteiger partial charge in [0.25, 0.3) is 11.5 Å². The molecule has 0 spiro atoms. The molecule has 1 amide bonds. The Bertz CT molecular complexity index is 979. The second-order valence-electron chi connectivity index (χ2n) is 7.15. The zero-order chi connectivity index (χ0) is 19.8. The fraction of sp³-hybridized carbons (Fsp3) is 0.526. The first-order valence-electron chi connectivity index (χ1n) is 9.54. The summed E-state index contributed by atoms with van der Waals surface area (Å²) in [6, 6.07) is 2.44. The van der Waals surface area contributed by atoms with Crippen molar-refractivity contribution in [2.24, 2.45) is 0 Å². The largest absolute Gasteiger partial charge is 0.465 e. The molecule has 2 unspecified atom stereocenters. The summed E-state index contributed by atoms with van der Waals surface area (Å²) in [5.74, 6) is -0.606. The monoisotopic (exact) mass is 402 g/mol. The number of aryl methyl sites for hydroxylation is 1. The Balaban J connectivity index is 1.49. The average molecular weight is 402 g/mol. The molecule has 2 aromatic heterocycles. The van der Waals surface area contributed by atoms with Gasteiger partial charge in [-0.25, -0.2) is 9.67 Å². The Labute approximate surface area is 165 Å². The van der Waals surface area contributed by atoms with Crippen molar-refractivity contribution >= 4 is 28.3 Å². The number of hydrogen-bond donors (Lipinski definition) is 1. The van der Waals surface area contributed by atoms with Crippen molar-refractivity contribution in [3.63, 3.8) is 0 Å². The summed E-state index contributed by atoms with van der Waals surface area (Å²) in [5, 5.41) is 7.57. The van der Waals surface area contributed by atoms with Crippen LogP contribution in [0, 0.1) is 0 Å². The van der Waals surface area contributed by atoms with Gasteiger partial charge in [-0.05, 0) is 45.6 Å². The van der Waals surface area contributed by atoms with Crippen LogP contribution in [0.2, 0.25) is 0 Å². The molecule has 2 atom stereocenters. The summed E-state index contributed by atoms with van der Waals surface area (Å²) in [4.78, 5) is 42.3. The molecule has 0 bridgehead atoms. The van der Waals surface area contributed by atoms with Crippen LogP contribution in [-0.2, 0) is 20.7 Å². The molecule has 8 nitrogen and oxygen atoms in total. The molecule has 4 rings (SSSR count). The summed E-state index contributed by atoms with van der Waals surface area (Å²) < 4.78 is 6.34. The number of rotatable bonds is 6. The molecule has 0 aliphatic heterocycles. The van der Waals surface area contributed by atoms with Crippen molar-refractivity contribution in [2.45, 2.75) is 57.4 Å². The number of carbonyl (C=O) groups is 2. The Kier molecular flexibility index (Phi) is 5.01. The van der Waals surface area contributed by atoms with E-state index in [1.165, 1.54) is 22.1 Å². The van der Waals surface area contributed by atoms with E-state index in [-0.39, 0.29) is 23.4 Å². The number of anilines is 1. The van der Waals surface area contributed by atoms with Gasteiger partial charge in [0.2, 0.25) is 0 Å². The Morgan fingerprint density at radius 3 is 2.86 bits per heavy atom. The maximum atomic E-state index is 12.7. The zero-order valence-corrected chi connectivity index (χ0v) is 16.6. The third-order valence-electron chi connectivity index (χ3n) is 5.11. The first kappa shape index (κ1) is 18.8. The second-order valence-corrected chi connectivity index (χ2v) is 8.23. The standard InChI is InChI=1S/C19H22N4O4S/c1-3-27-18(26)12-6-8-14-16(12)20-19(28-14)21-17(25)10(2)23-15(24)9-7-13(22-23)11-4-5-11/h7,9-12H,3-6,8H2,1-2H3,(H,20,21,25). The minimum atomic E-state index is -0.759. The van der Waals surface area contributed by atoms with Gasteiger partial charge in [-0.15, -0.1) is 11.3 Å². The lowest BCUT2D eigenvalue weighted by atomic mass is 10.1. The van der Waals surface area contributed by atoms with Crippen LogP contribution < -0.4 is 10.9 Å².